The summed E-state index contributed by atoms with van der Waals surface area (Å²) in [6.07, 6.45) is 4.44. The van der Waals surface area contributed by atoms with Gasteiger partial charge in [-0.1, -0.05) is 12.1 Å². The average Bonchev–Trinajstić information content (AvgIpc) is 2.28. The van der Waals surface area contributed by atoms with Gasteiger partial charge in [-0.2, -0.15) is 0 Å². The molecular formula is C15H18O3. The highest BCUT2D eigenvalue weighted by molar-refractivity contribution is 5.79. The minimum absolute atomic E-state index is 0.306. The monoisotopic (exact) mass is 246 g/mol. The molecule has 18 heavy (non-hydrogen) atoms. The average molecular weight is 246 g/mol. The summed E-state index contributed by atoms with van der Waals surface area (Å²) in [6, 6.07) is 7.57. The summed E-state index contributed by atoms with van der Waals surface area (Å²) in [5.74, 6) is 1.10. The lowest BCUT2D eigenvalue weighted by atomic mass is 9.84. The Balaban J connectivity index is 2.00. The normalized spacial score (nSPS) is 19.6. The predicted molar refractivity (Wildman–Crippen MR) is 68.4 cm³/mol. The molecule has 96 valence electrons. The zero-order chi connectivity index (χ0) is 13.0. The summed E-state index contributed by atoms with van der Waals surface area (Å²) in [5.41, 5.74) is 1.13. The number of ether oxygens (including phenoxy) is 1. The second-order valence-corrected chi connectivity index (χ2v) is 4.95. The molecule has 3 heteroatoms. The van der Waals surface area contributed by atoms with E-state index in [0.29, 0.717) is 23.9 Å². The summed E-state index contributed by atoms with van der Waals surface area (Å²) in [7, 11) is 0. The van der Waals surface area contributed by atoms with Crippen molar-refractivity contribution in [3.05, 3.63) is 29.8 Å². The molecule has 1 aromatic carbocycles. The highest BCUT2D eigenvalue weighted by Crippen LogP contribution is 2.26. The van der Waals surface area contributed by atoms with Crippen molar-refractivity contribution in [1.82, 2.24) is 0 Å². The molecule has 0 heterocycles. The molecule has 3 nitrogen and oxygen atoms in total. The van der Waals surface area contributed by atoms with E-state index in [2.05, 4.69) is 0 Å². The third-order valence-corrected chi connectivity index (χ3v) is 3.27. The van der Waals surface area contributed by atoms with Gasteiger partial charge in [0.2, 0.25) is 0 Å². The van der Waals surface area contributed by atoms with Crippen LogP contribution >= 0.6 is 0 Å². The van der Waals surface area contributed by atoms with Crippen molar-refractivity contribution < 1.29 is 14.3 Å². The highest BCUT2D eigenvalue weighted by atomic mass is 16.5. The lowest BCUT2D eigenvalue weighted by Gasteiger charge is -2.20. The van der Waals surface area contributed by atoms with Gasteiger partial charge in [0.25, 0.3) is 0 Å². The van der Waals surface area contributed by atoms with Crippen LogP contribution < -0.4 is 4.74 Å². The van der Waals surface area contributed by atoms with E-state index in [0.717, 1.165) is 31.2 Å². The Morgan fingerprint density at radius 3 is 3.00 bits per heavy atom. The fourth-order valence-corrected chi connectivity index (χ4v) is 2.52. The molecule has 0 radical (unpaired) electrons. The van der Waals surface area contributed by atoms with Gasteiger partial charge in [-0.25, -0.2) is 0 Å². The number of carbonyl (C=O) groups is 2. The van der Waals surface area contributed by atoms with Crippen molar-refractivity contribution in [2.24, 2.45) is 5.92 Å². The Bertz CT molecular complexity index is 451. The van der Waals surface area contributed by atoms with Gasteiger partial charge in [-0.05, 0) is 42.9 Å². The first-order chi connectivity index (χ1) is 8.63. The molecule has 2 rings (SSSR count). The third-order valence-electron chi connectivity index (χ3n) is 3.27. The molecule has 1 aliphatic carbocycles. The van der Waals surface area contributed by atoms with Crippen molar-refractivity contribution in [2.45, 2.75) is 39.0 Å². The molecule has 1 atom stereocenters. The van der Waals surface area contributed by atoms with Gasteiger partial charge in [-0.15, -0.1) is 0 Å². The maximum atomic E-state index is 11.4. The second kappa shape index (κ2) is 5.80. The first kappa shape index (κ1) is 12.8. The molecule has 0 bridgehead atoms. The second-order valence-electron chi connectivity index (χ2n) is 4.95. The van der Waals surface area contributed by atoms with E-state index in [1.165, 1.54) is 6.92 Å². The zero-order valence-electron chi connectivity index (χ0n) is 10.6. The third kappa shape index (κ3) is 3.69. The van der Waals surface area contributed by atoms with Gasteiger partial charge >= 0.3 is 5.97 Å². The van der Waals surface area contributed by atoms with Crippen LogP contribution in [0.2, 0.25) is 0 Å². The Morgan fingerprint density at radius 1 is 1.44 bits per heavy atom. The fourth-order valence-electron chi connectivity index (χ4n) is 2.52. The lowest BCUT2D eigenvalue weighted by Crippen LogP contribution is -2.16. The number of Topliss-reactive ketones (excluding diaryl/α,β-unsaturated/α-hetero) is 1. The summed E-state index contributed by atoms with van der Waals surface area (Å²) in [4.78, 5) is 22.3. The van der Waals surface area contributed by atoms with Gasteiger partial charge in [0.1, 0.15) is 11.5 Å². The number of carbonyl (C=O) groups excluding carboxylic acids is 2. The van der Waals surface area contributed by atoms with Crippen LogP contribution in [-0.2, 0) is 16.0 Å². The molecule has 0 aliphatic heterocycles. The molecule has 1 unspecified atom stereocenters. The minimum Gasteiger partial charge on any atom is -0.427 e. The van der Waals surface area contributed by atoms with Crippen molar-refractivity contribution in [3.8, 4) is 5.75 Å². The van der Waals surface area contributed by atoms with E-state index in [9.17, 15) is 9.59 Å². The van der Waals surface area contributed by atoms with Crippen LogP contribution in [0.1, 0.15) is 38.2 Å². The van der Waals surface area contributed by atoms with E-state index in [4.69, 9.17) is 4.74 Å². The minimum atomic E-state index is -0.306. The topological polar surface area (TPSA) is 43.4 Å². The van der Waals surface area contributed by atoms with E-state index < -0.39 is 0 Å². The number of esters is 1. The van der Waals surface area contributed by atoms with Gasteiger partial charge in [-0.3, -0.25) is 9.59 Å². The number of rotatable bonds is 3. The largest absolute Gasteiger partial charge is 0.427 e. The summed E-state index contributed by atoms with van der Waals surface area (Å²) >= 11 is 0. The smallest absolute Gasteiger partial charge is 0.308 e. The standard InChI is InChI=1S/C15H18O3/c1-11(16)18-15-7-3-5-13(10-15)8-12-4-2-6-14(17)9-12/h3,5,7,10,12H,2,4,6,8-9H2,1H3. The van der Waals surface area contributed by atoms with Crippen molar-refractivity contribution in [3.63, 3.8) is 0 Å². The molecule has 0 amide bonds. The number of hydrogen-bond acceptors (Lipinski definition) is 3. The highest BCUT2D eigenvalue weighted by Gasteiger charge is 2.19. The van der Waals surface area contributed by atoms with Crippen LogP contribution in [-0.4, -0.2) is 11.8 Å². The Hall–Kier alpha value is -1.64. The predicted octanol–water partition coefficient (Wildman–Crippen LogP) is 2.91. The Kier molecular flexibility index (Phi) is 4.13. The summed E-state index contributed by atoms with van der Waals surface area (Å²) < 4.78 is 5.06. The van der Waals surface area contributed by atoms with Crippen LogP contribution in [0.5, 0.6) is 5.75 Å². The molecule has 1 fully saturated rings. The zero-order valence-corrected chi connectivity index (χ0v) is 10.6. The molecule has 0 saturated heterocycles. The molecule has 0 aromatic heterocycles. The van der Waals surface area contributed by atoms with Gasteiger partial charge in [0.15, 0.2) is 0 Å². The maximum absolute atomic E-state index is 11.4. The molecule has 0 spiro atoms. The van der Waals surface area contributed by atoms with Gasteiger partial charge < -0.3 is 4.74 Å². The Labute approximate surface area is 107 Å². The molecular weight excluding hydrogens is 228 g/mol. The Morgan fingerprint density at radius 2 is 2.28 bits per heavy atom. The van der Waals surface area contributed by atoms with Crippen LogP contribution in [0, 0.1) is 5.92 Å². The fraction of sp³-hybridized carbons (Fsp3) is 0.467. The first-order valence-electron chi connectivity index (χ1n) is 6.42. The van der Waals surface area contributed by atoms with E-state index in [-0.39, 0.29) is 5.97 Å². The number of ketones is 1. The summed E-state index contributed by atoms with van der Waals surface area (Å²) in [5, 5.41) is 0. The van der Waals surface area contributed by atoms with Crippen molar-refractivity contribution in [1.29, 1.82) is 0 Å². The van der Waals surface area contributed by atoms with Crippen LogP contribution in [0.4, 0.5) is 0 Å². The van der Waals surface area contributed by atoms with Crippen LogP contribution in [0.25, 0.3) is 0 Å². The van der Waals surface area contributed by atoms with Crippen molar-refractivity contribution in [2.75, 3.05) is 0 Å². The quantitative estimate of drug-likeness (QED) is 0.608. The SMILES string of the molecule is CC(=O)Oc1cccc(CC2CCCC(=O)C2)c1. The molecule has 1 saturated carbocycles. The van der Waals surface area contributed by atoms with E-state index >= 15 is 0 Å². The van der Waals surface area contributed by atoms with Crippen LogP contribution in [0.3, 0.4) is 0 Å². The summed E-state index contributed by atoms with van der Waals surface area (Å²) in [6.45, 7) is 1.40. The van der Waals surface area contributed by atoms with Crippen molar-refractivity contribution >= 4 is 11.8 Å². The van der Waals surface area contributed by atoms with E-state index in [1.807, 2.05) is 18.2 Å². The van der Waals surface area contributed by atoms with E-state index in [1.54, 1.807) is 6.07 Å². The number of benzene rings is 1. The van der Waals surface area contributed by atoms with Gasteiger partial charge in [0.05, 0.1) is 0 Å². The number of hydrogen-bond donors (Lipinski definition) is 0. The maximum Gasteiger partial charge on any atom is 0.308 e. The lowest BCUT2D eigenvalue weighted by molar-refractivity contribution is -0.131. The molecule has 0 N–H and O–H groups in total. The molecule has 1 aromatic rings. The van der Waals surface area contributed by atoms with Crippen LogP contribution in [0.15, 0.2) is 24.3 Å². The molecule has 1 aliphatic rings. The first-order valence-corrected chi connectivity index (χ1v) is 6.42. The van der Waals surface area contributed by atoms with Gasteiger partial charge in [0, 0.05) is 19.8 Å².